The molecular formula is C30H35ClN4O4. The van der Waals surface area contributed by atoms with Crippen LogP contribution in [0, 0.1) is 5.92 Å². The number of hydrogen-bond donors (Lipinski definition) is 2. The highest BCUT2D eigenvalue weighted by Crippen LogP contribution is 2.27. The Balaban J connectivity index is 1.31. The zero-order chi connectivity index (χ0) is 27.6. The molecule has 1 aliphatic rings. The number of rotatable bonds is 12. The molecule has 1 fully saturated rings. The van der Waals surface area contributed by atoms with Gasteiger partial charge in [-0.15, -0.1) is 10.2 Å². The number of nitrogens with zero attached hydrogens (tertiary/aromatic N) is 2. The van der Waals surface area contributed by atoms with Crippen LogP contribution < -0.4 is 10.6 Å². The van der Waals surface area contributed by atoms with Crippen LogP contribution in [0.2, 0.25) is 5.02 Å². The lowest BCUT2D eigenvalue weighted by Crippen LogP contribution is -2.51. The number of ketones is 1. The third kappa shape index (κ3) is 7.99. The lowest BCUT2D eigenvalue weighted by molar-refractivity contribution is -0.124. The molecule has 0 unspecified atom stereocenters. The van der Waals surface area contributed by atoms with Gasteiger partial charge in [-0.1, -0.05) is 62.1 Å². The second-order valence-electron chi connectivity index (χ2n) is 9.96. The van der Waals surface area contributed by atoms with Crippen molar-refractivity contribution in [1.29, 1.82) is 0 Å². The van der Waals surface area contributed by atoms with Gasteiger partial charge >= 0.3 is 0 Å². The Bertz CT molecular complexity index is 1270. The van der Waals surface area contributed by atoms with Gasteiger partial charge in [0.1, 0.15) is 6.04 Å². The van der Waals surface area contributed by atoms with E-state index >= 15 is 0 Å². The van der Waals surface area contributed by atoms with Gasteiger partial charge < -0.3 is 15.1 Å². The summed E-state index contributed by atoms with van der Waals surface area (Å²) in [4.78, 5) is 38.6. The van der Waals surface area contributed by atoms with Crippen LogP contribution in [0.1, 0.15) is 85.2 Å². The van der Waals surface area contributed by atoms with Crippen LogP contribution in [-0.4, -0.2) is 40.4 Å². The number of aryl methyl sites for hydroxylation is 1. The van der Waals surface area contributed by atoms with Crippen LogP contribution in [0.25, 0.3) is 11.1 Å². The Morgan fingerprint density at radius 3 is 2.46 bits per heavy atom. The largest absolute Gasteiger partial charge is 0.418 e. The van der Waals surface area contributed by atoms with E-state index in [0.29, 0.717) is 42.3 Å². The first-order valence-electron chi connectivity index (χ1n) is 13.7. The standard InChI is InChI=1S/C30H35ClN4O4/c1-2-26-34-35-30(39-26)25(36)13-6-7-18-32-29(38)27(21-9-4-3-5-10-21)33-28(37)22-16-14-20(15-17-22)23-11-8-12-24(31)19-23/h8,11-12,14-17,19,21,27H,2-7,9-10,13,18H2,1H3,(H,32,38)(H,33,37)/t27-/m0/s1. The maximum atomic E-state index is 13.2. The second kappa shape index (κ2) is 14.0. The normalized spacial score (nSPS) is 14.5. The highest BCUT2D eigenvalue weighted by atomic mass is 35.5. The van der Waals surface area contributed by atoms with Gasteiger partial charge in [0.15, 0.2) is 0 Å². The molecule has 1 aliphatic carbocycles. The number of hydrogen-bond acceptors (Lipinski definition) is 6. The predicted molar refractivity (Wildman–Crippen MR) is 150 cm³/mol. The minimum Gasteiger partial charge on any atom is -0.418 e. The van der Waals surface area contributed by atoms with Gasteiger partial charge in [0, 0.05) is 30.0 Å². The van der Waals surface area contributed by atoms with Crippen molar-refractivity contribution in [2.45, 2.75) is 70.8 Å². The number of halogens is 1. The number of carbonyl (C=O) groups is 3. The van der Waals surface area contributed by atoms with Crippen LogP contribution in [0.15, 0.2) is 52.9 Å². The first-order valence-corrected chi connectivity index (χ1v) is 14.1. The molecule has 9 heteroatoms. The molecule has 0 aliphatic heterocycles. The Kier molecular flexibility index (Phi) is 10.3. The average molecular weight is 551 g/mol. The smallest absolute Gasteiger partial charge is 0.283 e. The van der Waals surface area contributed by atoms with Crippen LogP contribution in [0.3, 0.4) is 0 Å². The highest BCUT2D eigenvalue weighted by Gasteiger charge is 2.31. The first-order chi connectivity index (χ1) is 18.9. The van der Waals surface area contributed by atoms with Gasteiger partial charge in [0.25, 0.3) is 11.8 Å². The van der Waals surface area contributed by atoms with Crippen molar-refractivity contribution >= 4 is 29.2 Å². The lowest BCUT2D eigenvalue weighted by Gasteiger charge is -2.30. The third-order valence-electron chi connectivity index (χ3n) is 7.13. The fourth-order valence-electron chi connectivity index (χ4n) is 4.92. The summed E-state index contributed by atoms with van der Waals surface area (Å²) in [5, 5.41) is 14.2. The Hall–Kier alpha value is -3.52. The van der Waals surface area contributed by atoms with Crippen LogP contribution in [0.5, 0.6) is 0 Å². The first kappa shape index (κ1) is 28.5. The summed E-state index contributed by atoms with van der Waals surface area (Å²) in [6.07, 6.45) is 7.14. The summed E-state index contributed by atoms with van der Waals surface area (Å²) in [7, 11) is 0. The monoisotopic (exact) mass is 550 g/mol. The molecule has 1 heterocycles. The molecule has 1 aromatic heterocycles. The average Bonchev–Trinajstić information content (AvgIpc) is 3.46. The van der Waals surface area contributed by atoms with Crippen molar-refractivity contribution < 1.29 is 18.8 Å². The summed E-state index contributed by atoms with van der Waals surface area (Å²) in [6.45, 7) is 2.30. The Morgan fingerprint density at radius 2 is 1.77 bits per heavy atom. The van der Waals surface area contributed by atoms with E-state index in [-0.39, 0.29) is 35.8 Å². The molecule has 0 spiro atoms. The fraction of sp³-hybridized carbons (Fsp3) is 0.433. The minimum absolute atomic E-state index is 0.0385. The number of Topliss-reactive ketones (excluding diaryl/α,β-unsaturated/α-hetero) is 1. The fourth-order valence-corrected chi connectivity index (χ4v) is 5.11. The topological polar surface area (TPSA) is 114 Å². The number of nitrogens with one attached hydrogen (secondary N) is 2. The van der Waals surface area contributed by atoms with Gasteiger partial charge in [0.05, 0.1) is 0 Å². The molecule has 4 rings (SSSR count). The van der Waals surface area contributed by atoms with Crippen molar-refractivity contribution in [3.8, 4) is 11.1 Å². The molecule has 2 aromatic carbocycles. The molecule has 1 atom stereocenters. The molecule has 206 valence electrons. The third-order valence-corrected chi connectivity index (χ3v) is 7.37. The van der Waals surface area contributed by atoms with Crippen molar-refractivity contribution in [2.24, 2.45) is 5.92 Å². The summed E-state index contributed by atoms with van der Waals surface area (Å²) >= 11 is 6.11. The van der Waals surface area contributed by atoms with E-state index in [1.54, 1.807) is 12.1 Å². The van der Waals surface area contributed by atoms with Gasteiger partial charge in [-0.3, -0.25) is 14.4 Å². The molecule has 0 radical (unpaired) electrons. The molecule has 39 heavy (non-hydrogen) atoms. The maximum absolute atomic E-state index is 13.2. The number of amides is 2. The summed E-state index contributed by atoms with van der Waals surface area (Å²) in [6, 6.07) is 14.3. The maximum Gasteiger partial charge on any atom is 0.283 e. The molecule has 0 bridgehead atoms. The van der Waals surface area contributed by atoms with Gasteiger partial charge in [-0.25, -0.2) is 0 Å². The molecule has 2 N–H and O–H groups in total. The van der Waals surface area contributed by atoms with Crippen LogP contribution >= 0.6 is 11.6 Å². The Morgan fingerprint density at radius 1 is 1.00 bits per heavy atom. The van der Waals surface area contributed by atoms with E-state index < -0.39 is 6.04 Å². The van der Waals surface area contributed by atoms with Gasteiger partial charge in [0.2, 0.25) is 17.6 Å². The van der Waals surface area contributed by atoms with Crippen molar-refractivity contribution in [3.63, 3.8) is 0 Å². The van der Waals surface area contributed by atoms with E-state index in [0.717, 1.165) is 43.2 Å². The molecule has 3 aromatic rings. The van der Waals surface area contributed by atoms with E-state index in [4.69, 9.17) is 16.0 Å². The summed E-state index contributed by atoms with van der Waals surface area (Å²) in [5.41, 5.74) is 2.43. The van der Waals surface area contributed by atoms with Gasteiger partial charge in [-0.05, 0) is 67.0 Å². The quantitative estimate of drug-likeness (QED) is 0.217. The number of aromatic nitrogens is 2. The lowest BCUT2D eigenvalue weighted by atomic mass is 9.83. The summed E-state index contributed by atoms with van der Waals surface area (Å²) < 4.78 is 5.31. The van der Waals surface area contributed by atoms with Crippen LogP contribution in [-0.2, 0) is 11.2 Å². The SMILES string of the molecule is CCc1nnc(C(=O)CCCCNC(=O)[C@@H](NC(=O)c2ccc(-c3cccc(Cl)c3)cc2)C2CCCCC2)o1. The van der Waals surface area contributed by atoms with E-state index in [1.807, 2.05) is 43.3 Å². The Labute approximate surface area is 233 Å². The van der Waals surface area contributed by atoms with Crippen molar-refractivity contribution in [3.05, 3.63) is 70.9 Å². The highest BCUT2D eigenvalue weighted by molar-refractivity contribution is 6.30. The minimum atomic E-state index is -0.599. The second-order valence-corrected chi connectivity index (χ2v) is 10.4. The van der Waals surface area contributed by atoms with E-state index in [9.17, 15) is 14.4 Å². The molecule has 0 saturated heterocycles. The zero-order valence-electron chi connectivity index (χ0n) is 22.2. The number of unbranched alkanes of at least 4 members (excludes halogenated alkanes) is 1. The molecular weight excluding hydrogens is 516 g/mol. The van der Waals surface area contributed by atoms with E-state index in [1.165, 1.54) is 0 Å². The molecule has 1 saturated carbocycles. The molecule has 8 nitrogen and oxygen atoms in total. The predicted octanol–water partition coefficient (Wildman–Crippen LogP) is 5.80. The van der Waals surface area contributed by atoms with Gasteiger partial charge in [-0.2, -0.15) is 0 Å². The van der Waals surface area contributed by atoms with Crippen molar-refractivity contribution in [2.75, 3.05) is 6.54 Å². The number of benzene rings is 2. The van der Waals surface area contributed by atoms with Crippen LogP contribution in [0.4, 0.5) is 0 Å². The van der Waals surface area contributed by atoms with Crippen molar-refractivity contribution in [1.82, 2.24) is 20.8 Å². The van der Waals surface area contributed by atoms with E-state index in [2.05, 4.69) is 20.8 Å². The summed E-state index contributed by atoms with van der Waals surface area (Å²) in [5.74, 6) is -0.0610. The number of carbonyl (C=O) groups excluding carboxylic acids is 3. The zero-order valence-corrected chi connectivity index (χ0v) is 23.0. The molecule has 2 amide bonds.